The van der Waals surface area contributed by atoms with Gasteiger partial charge in [0, 0.05) is 30.3 Å². The number of hydrogen-bond donors (Lipinski definition) is 3. The van der Waals surface area contributed by atoms with Crippen LogP contribution in [0.1, 0.15) is 54.8 Å². The SMILES string of the molecule is CC(CCO)NC(=O)c1ccc(C(=O)NCC(C)(C)C)cc1. The Hall–Kier alpha value is -1.88. The molecule has 1 atom stereocenters. The number of aliphatic hydroxyl groups is 1. The van der Waals surface area contributed by atoms with Gasteiger partial charge in [0.1, 0.15) is 0 Å². The van der Waals surface area contributed by atoms with Gasteiger partial charge in [-0.2, -0.15) is 0 Å². The molecule has 0 radical (unpaired) electrons. The lowest BCUT2D eigenvalue weighted by molar-refractivity contribution is 0.0924. The molecule has 22 heavy (non-hydrogen) atoms. The molecule has 0 heterocycles. The van der Waals surface area contributed by atoms with Crippen LogP contribution >= 0.6 is 0 Å². The van der Waals surface area contributed by atoms with E-state index in [4.69, 9.17) is 5.11 Å². The van der Waals surface area contributed by atoms with Crippen molar-refractivity contribution in [3.8, 4) is 0 Å². The average molecular weight is 306 g/mol. The zero-order chi connectivity index (χ0) is 16.8. The normalized spacial score (nSPS) is 12.6. The third-order valence-corrected chi connectivity index (χ3v) is 3.13. The lowest BCUT2D eigenvalue weighted by Crippen LogP contribution is -2.33. The van der Waals surface area contributed by atoms with Crippen molar-refractivity contribution >= 4 is 11.8 Å². The van der Waals surface area contributed by atoms with Gasteiger partial charge in [-0.1, -0.05) is 20.8 Å². The zero-order valence-corrected chi connectivity index (χ0v) is 13.8. The summed E-state index contributed by atoms with van der Waals surface area (Å²) in [6.07, 6.45) is 0.513. The van der Waals surface area contributed by atoms with Crippen LogP contribution < -0.4 is 10.6 Å². The summed E-state index contributed by atoms with van der Waals surface area (Å²) in [4.78, 5) is 24.0. The molecule has 0 aliphatic rings. The Labute approximate surface area is 132 Å². The smallest absolute Gasteiger partial charge is 0.251 e. The van der Waals surface area contributed by atoms with Crippen LogP contribution in [-0.4, -0.2) is 36.1 Å². The van der Waals surface area contributed by atoms with Crippen molar-refractivity contribution in [3.63, 3.8) is 0 Å². The molecule has 0 saturated heterocycles. The summed E-state index contributed by atoms with van der Waals surface area (Å²) in [7, 11) is 0. The lowest BCUT2D eigenvalue weighted by atomic mass is 9.97. The van der Waals surface area contributed by atoms with Gasteiger partial charge in [0.2, 0.25) is 0 Å². The first-order valence-corrected chi connectivity index (χ1v) is 7.53. The van der Waals surface area contributed by atoms with Gasteiger partial charge in [0.05, 0.1) is 0 Å². The number of nitrogens with one attached hydrogen (secondary N) is 2. The maximum atomic E-state index is 12.0. The standard InChI is InChI=1S/C17H26N2O3/c1-12(9-10-20)19-16(22)14-7-5-13(6-8-14)15(21)18-11-17(2,3)4/h5-8,12,20H,9-11H2,1-4H3,(H,18,21)(H,19,22). The van der Waals surface area contributed by atoms with E-state index >= 15 is 0 Å². The summed E-state index contributed by atoms with van der Waals surface area (Å²) in [5.74, 6) is -0.349. The molecule has 1 rings (SSSR count). The maximum absolute atomic E-state index is 12.0. The van der Waals surface area contributed by atoms with Crippen LogP contribution in [0.4, 0.5) is 0 Å². The van der Waals surface area contributed by atoms with Crippen LogP contribution in [0.5, 0.6) is 0 Å². The van der Waals surface area contributed by atoms with Crippen LogP contribution in [0.25, 0.3) is 0 Å². The second kappa shape index (κ2) is 7.94. The molecule has 0 spiro atoms. The van der Waals surface area contributed by atoms with Crippen LogP contribution in [0.15, 0.2) is 24.3 Å². The van der Waals surface area contributed by atoms with Gasteiger partial charge in [0.25, 0.3) is 11.8 Å². The molecule has 0 fully saturated rings. The molecule has 2 amide bonds. The summed E-state index contributed by atoms with van der Waals surface area (Å²) in [6, 6.07) is 6.46. The molecule has 0 aromatic heterocycles. The molecule has 1 aromatic carbocycles. The van der Waals surface area contributed by atoms with E-state index in [1.807, 2.05) is 27.7 Å². The predicted octanol–water partition coefficient (Wildman–Crippen LogP) is 1.96. The van der Waals surface area contributed by atoms with E-state index in [9.17, 15) is 9.59 Å². The monoisotopic (exact) mass is 306 g/mol. The second-order valence-electron chi connectivity index (χ2n) is 6.71. The first-order chi connectivity index (χ1) is 10.2. The Morgan fingerprint density at radius 2 is 1.59 bits per heavy atom. The van der Waals surface area contributed by atoms with Crippen LogP contribution in [-0.2, 0) is 0 Å². The van der Waals surface area contributed by atoms with Crippen molar-refractivity contribution in [2.24, 2.45) is 5.41 Å². The Kier molecular flexibility index (Phi) is 6.56. The second-order valence-corrected chi connectivity index (χ2v) is 6.71. The minimum atomic E-state index is -0.206. The maximum Gasteiger partial charge on any atom is 0.251 e. The minimum absolute atomic E-state index is 0.0261. The van der Waals surface area contributed by atoms with Gasteiger partial charge in [0.15, 0.2) is 0 Å². The van der Waals surface area contributed by atoms with E-state index < -0.39 is 0 Å². The van der Waals surface area contributed by atoms with Crippen LogP contribution in [0.3, 0.4) is 0 Å². The van der Waals surface area contributed by atoms with Crippen molar-refractivity contribution in [2.45, 2.75) is 40.2 Å². The highest BCUT2D eigenvalue weighted by molar-refractivity contribution is 5.97. The Balaban J connectivity index is 2.62. The fraction of sp³-hybridized carbons (Fsp3) is 0.529. The van der Waals surface area contributed by atoms with E-state index in [0.717, 1.165) is 0 Å². The van der Waals surface area contributed by atoms with Gasteiger partial charge in [-0.25, -0.2) is 0 Å². The summed E-state index contributed by atoms with van der Waals surface area (Å²) in [5, 5.41) is 14.5. The molecule has 0 bridgehead atoms. The largest absolute Gasteiger partial charge is 0.396 e. The van der Waals surface area contributed by atoms with Crippen molar-refractivity contribution < 1.29 is 14.7 Å². The van der Waals surface area contributed by atoms with Gasteiger partial charge in [-0.15, -0.1) is 0 Å². The third kappa shape index (κ3) is 6.26. The Morgan fingerprint density at radius 3 is 2.05 bits per heavy atom. The number of benzene rings is 1. The number of hydrogen-bond acceptors (Lipinski definition) is 3. The molecule has 5 nitrogen and oxygen atoms in total. The fourth-order valence-corrected chi connectivity index (χ4v) is 1.79. The number of rotatable bonds is 6. The van der Waals surface area contributed by atoms with Crippen molar-refractivity contribution in [1.29, 1.82) is 0 Å². The third-order valence-electron chi connectivity index (χ3n) is 3.13. The van der Waals surface area contributed by atoms with E-state index in [2.05, 4.69) is 10.6 Å². The van der Waals surface area contributed by atoms with Crippen molar-refractivity contribution in [2.75, 3.05) is 13.2 Å². The summed E-state index contributed by atoms with van der Waals surface area (Å²) in [5.41, 5.74) is 1.06. The highest BCUT2D eigenvalue weighted by Crippen LogP contribution is 2.11. The molecule has 122 valence electrons. The first kappa shape index (κ1) is 18.2. The fourth-order valence-electron chi connectivity index (χ4n) is 1.79. The molecule has 0 aliphatic carbocycles. The topological polar surface area (TPSA) is 78.4 Å². The first-order valence-electron chi connectivity index (χ1n) is 7.53. The zero-order valence-electron chi connectivity index (χ0n) is 13.8. The molecule has 5 heteroatoms. The summed E-state index contributed by atoms with van der Waals surface area (Å²) >= 11 is 0. The number of aliphatic hydroxyl groups excluding tert-OH is 1. The van der Waals surface area contributed by atoms with Crippen LogP contribution in [0.2, 0.25) is 0 Å². The predicted molar refractivity (Wildman–Crippen MR) is 86.9 cm³/mol. The number of carbonyl (C=O) groups excluding carboxylic acids is 2. The molecule has 1 unspecified atom stereocenters. The van der Waals surface area contributed by atoms with Gasteiger partial charge in [-0.05, 0) is 43.0 Å². The average Bonchev–Trinajstić information content (AvgIpc) is 2.44. The summed E-state index contributed by atoms with van der Waals surface area (Å²) in [6.45, 7) is 8.61. The van der Waals surface area contributed by atoms with Gasteiger partial charge < -0.3 is 15.7 Å². The van der Waals surface area contributed by atoms with Crippen LogP contribution in [0, 0.1) is 5.41 Å². The molecular formula is C17H26N2O3. The Bertz CT molecular complexity index is 504. The van der Waals surface area contributed by atoms with E-state index in [1.165, 1.54) is 0 Å². The minimum Gasteiger partial charge on any atom is -0.396 e. The quantitative estimate of drug-likeness (QED) is 0.752. The number of carbonyl (C=O) groups is 2. The van der Waals surface area contributed by atoms with E-state index in [1.54, 1.807) is 24.3 Å². The Morgan fingerprint density at radius 1 is 1.09 bits per heavy atom. The molecule has 3 N–H and O–H groups in total. The molecule has 0 saturated carbocycles. The molecule has 1 aromatic rings. The highest BCUT2D eigenvalue weighted by Gasteiger charge is 2.14. The lowest BCUT2D eigenvalue weighted by Gasteiger charge is -2.18. The van der Waals surface area contributed by atoms with Gasteiger partial charge >= 0.3 is 0 Å². The van der Waals surface area contributed by atoms with E-state index in [0.29, 0.717) is 24.1 Å². The molecule has 0 aliphatic heterocycles. The number of amides is 2. The van der Waals surface area contributed by atoms with Gasteiger partial charge in [-0.3, -0.25) is 9.59 Å². The molecular weight excluding hydrogens is 280 g/mol. The van der Waals surface area contributed by atoms with E-state index in [-0.39, 0.29) is 29.9 Å². The van der Waals surface area contributed by atoms with Crippen molar-refractivity contribution in [1.82, 2.24) is 10.6 Å². The van der Waals surface area contributed by atoms with Crippen molar-refractivity contribution in [3.05, 3.63) is 35.4 Å². The highest BCUT2D eigenvalue weighted by atomic mass is 16.3. The summed E-state index contributed by atoms with van der Waals surface area (Å²) < 4.78 is 0.